The Labute approximate surface area is 57.6 Å². The van der Waals surface area contributed by atoms with Crippen LogP contribution in [0.5, 0.6) is 0 Å². The van der Waals surface area contributed by atoms with E-state index in [1.165, 1.54) is 11.1 Å². The number of rotatable bonds is 3. The molecule has 0 N–H and O–H groups in total. The Morgan fingerprint density at radius 2 is 2.00 bits per heavy atom. The molecule has 0 radical (unpaired) electrons. The molecule has 0 rings (SSSR count). The molecule has 9 heavy (non-hydrogen) atoms. The van der Waals surface area contributed by atoms with Crippen molar-refractivity contribution in [1.82, 2.24) is 0 Å². The maximum absolute atomic E-state index is 3.78. The van der Waals surface area contributed by atoms with Crippen molar-refractivity contribution >= 4 is 0 Å². The van der Waals surface area contributed by atoms with Crippen molar-refractivity contribution in [3.05, 3.63) is 36.5 Å². The van der Waals surface area contributed by atoms with E-state index in [2.05, 4.69) is 19.2 Å². The Morgan fingerprint density at radius 3 is 2.33 bits per heavy atom. The predicted octanol–water partition coefficient (Wildman–Crippen LogP) is 3.08. The summed E-state index contributed by atoms with van der Waals surface area (Å²) >= 11 is 0. The van der Waals surface area contributed by atoms with Gasteiger partial charge in [0.15, 0.2) is 0 Å². The van der Waals surface area contributed by atoms with Gasteiger partial charge in [-0.15, -0.1) is 0 Å². The summed E-state index contributed by atoms with van der Waals surface area (Å²) in [6, 6.07) is 0. The fraction of sp³-hybridized carbons (Fsp3) is 0.333. The van der Waals surface area contributed by atoms with E-state index in [4.69, 9.17) is 0 Å². The fourth-order valence-corrected chi connectivity index (χ4v) is 0.419. The van der Waals surface area contributed by atoms with E-state index in [0.717, 1.165) is 6.42 Å². The molecule has 0 saturated heterocycles. The molecule has 0 nitrogen and oxygen atoms in total. The van der Waals surface area contributed by atoms with E-state index in [9.17, 15) is 0 Å². The first-order valence-corrected chi connectivity index (χ1v) is 3.10. The van der Waals surface area contributed by atoms with Crippen molar-refractivity contribution in [2.75, 3.05) is 0 Å². The van der Waals surface area contributed by atoms with Crippen molar-refractivity contribution in [2.24, 2.45) is 0 Å². The normalized spacial score (nSPS) is 11.1. The van der Waals surface area contributed by atoms with Gasteiger partial charge in [0.25, 0.3) is 0 Å². The van der Waals surface area contributed by atoms with Crippen LogP contribution in [0.1, 0.15) is 20.3 Å². The van der Waals surface area contributed by atoms with E-state index in [0.29, 0.717) is 0 Å². The molecule has 0 atom stereocenters. The molecular weight excluding hydrogens is 108 g/mol. The van der Waals surface area contributed by atoms with Crippen LogP contribution in [-0.2, 0) is 0 Å². The first-order chi connectivity index (χ1) is 4.16. The minimum Gasteiger partial charge on any atom is -0.0998 e. The highest BCUT2D eigenvalue weighted by Gasteiger charge is 1.80. The second kappa shape index (κ2) is 4.13. The van der Waals surface area contributed by atoms with E-state index >= 15 is 0 Å². The highest BCUT2D eigenvalue weighted by Crippen LogP contribution is 2.01. The molecule has 0 saturated carbocycles. The lowest BCUT2D eigenvalue weighted by Gasteiger charge is -1.91. The van der Waals surface area contributed by atoms with Gasteiger partial charge in [-0.3, -0.25) is 0 Å². The summed E-state index contributed by atoms with van der Waals surface area (Å²) in [5.41, 5.74) is 2.41. The third-order valence-electron chi connectivity index (χ3n) is 1.09. The zero-order chi connectivity index (χ0) is 7.28. The van der Waals surface area contributed by atoms with E-state index in [1.54, 1.807) is 0 Å². The van der Waals surface area contributed by atoms with Crippen LogP contribution in [0, 0.1) is 0 Å². The number of hydrogen-bond acceptors (Lipinski definition) is 0. The number of hydrogen-bond donors (Lipinski definition) is 0. The molecular formula is C9H14. The molecule has 0 aliphatic rings. The Bertz CT molecular complexity index is 138. The summed E-state index contributed by atoms with van der Waals surface area (Å²) in [5.74, 6) is 0. The molecule has 0 aromatic rings. The van der Waals surface area contributed by atoms with Gasteiger partial charge in [-0.1, -0.05) is 36.5 Å². The smallest absolute Gasteiger partial charge is 0.0139 e. The molecule has 0 aromatic carbocycles. The van der Waals surface area contributed by atoms with Crippen molar-refractivity contribution in [3.8, 4) is 0 Å². The lowest BCUT2D eigenvalue weighted by molar-refractivity contribution is 1.20. The summed E-state index contributed by atoms with van der Waals surface area (Å²) in [4.78, 5) is 0. The molecule has 0 unspecified atom stereocenters. The SMILES string of the molecule is C=C/C(C)=C/CC(=C)C. The van der Waals surface area contributed by atoms with Crippen molar-refractivity contribution in [3.63, 3.8) is 0 Å². The Kier molecular flexibility index (Phi) is 3.78. The average molecular weight is 122 g/mol. The zero-order valence-corrected chi connectivity index (χ0v) is 6.28. The van der Waals surface area contributed by atoms with Crippen LogP contribution in [-0.4, -0.2) is 0 Å². The Hall–Kier alpha value is -0.780. The van der Waals surface area contributed by atoms with E-state index < -0.39 is 0 Å². The maximum atomic E-state index is 3.78. The van der Waals surface area contributed by atoms with E-state index in [1.807, 2.05) is 19.9 Å². The molecule has 0 aliphatic carbocycles. The maximum Gasteiger partial charge on any atom is -0.0139 e. The van der Waals surface area contributed by atoms with Gasteiger partial charge in [-0.2, -0.15) is 0 Å². The summed E-state index contributed by atoms with van der Waals surface area (Å²) in [5, 5.41) is 0. The third-order valence-corrected chi connectivity index (χ3v) is 1.09. The summed E-state index contributed by atoms with van der Waals surface area (Å²) < 4.78 is 0. The first kappa shape index (κ1) is 8.22. The lowest BCUT2D eigenvalue weighted by Crippen LogP contribution is -1.70. The van der Waals surface area contributed by atoms with Crippen LogP contribution in [0.2, 0.25) is 0 Å². The minimum absolute atomic E-state index is 0.970. The predicted molar refractivity (Wildman–Crippen MR) is 43.4 cm³/mol. The van der Waals surface area contributed by atoms with Crippen LogP contribution in [0.4, 0.5) is 0 Å². The molecule has 0 heteroatoms. The summed E-state index contributed by atoms with van der Waals surface area (Å²) in [7, 11) is 0. The second-order valence-corrected chi connectivity index (χ2v) is 2.31. The molecule has 50 valence electrons. The van der Waals surface area contributed by atoms with Gasteiger partial charge in [-0.25, -0.2) is 0 Å². The fourth-order valence-electron chi connectivity index (χ4n) is 0.419. The van der Waals surface area contributed by atoms with Gasteiger partial charge >= 0.3 is 0 Å². The molecule has 0 aliphatic heterocycles. The zero-order valence-electron chi connectivity index (χ0n) is 6.28. The molecule has 0 bridgehead atoms. The highest BCUT2D eigenvalue weighted by atomic mass is 13.9. The van der Waals surface area contributed by atoms with Crippen molar-refractivity contribution in [1.29, 1.82) is 0 Å². The summed E-state index contributed by atoms with van der Waals surface area (Å²) in [6.45, 7) is 11.5. The van der Waals surface area contributed by atoms with Gasteiger partial charge in [0.2, 0.25) is 0 Å². The number of allylic oxidation sites excluding steroid dienone is 4. The average Bonchev–Trinajstić information content (AvgIpc) is 1.83. The van der Waals surface area contributed by atoms with Crippen LogP contribution in [0.25, 0.3) is 0 Å². The van der Waals surface area contributed by atoms with Gasteiger partial charge in [0, 0.05) is 0 Å². The minimum atomic E-state index is 0.970. The molecule has 0 heterocycles. The Morgan fingerprint density at radius 1 is 1.44 bits per heavy atom. The largest absolute Gasteiger partial charge is 0.0998 e. The van der Waals surface area contributed by atoms with Crippen molar-refractivity contribution in [2.45, 2.75) is 20.3 Å². The molecule has 0 spiro atoms. The van der Waals surface area contributed by atoms with Crippen LogP contribution in [0.3, 0.4) is 0 Å². The van der Waals surface area contributed by atoms with Crippen LogP contribution >= 0.6 is 0 Å². The second-order valence-electron chi connectivity index (χ2n) is 2.31. The highest BCUT2D eigenvalue weighted by molar-refractivity contribution is 5.15. The Balaban J connectivity index is 3.69. The standard InChI is InChI=1S/C9H14/c1-5-9(4)7-6-8(2)3/h5,7H,1-2,6H2,3-4H3/b9-7+. The lowest BCUT2D eigenvalue weighted by atomic mass is 10.2. The quantitative estimate of drug-likeness (QED) is 0.398. The summed E-state index contributed by atoms with van der Waals surface area (Å²) in [6.07, 6.45) is 4.94. The van der Waals surface area contributed by atoms with Gasteiger partial charge in [0.1, 0.15) is 0 Å². The topological polar surface area (TPSA) is 0 Å². The van der Waals surface area contributed by atoms with Gasteiger partial charge < -0.3 is 0 Å². The molecule has 0 fully saturated rings. The third kappa shape index (κ3) is 5.09. The molecule has 0 amide bonds. The monoisotopic (exact) mass is 122 g/mol. The van der Waals surface area contributed by atoms with E-state index in [-0.39, 0.29) is 0 Å². The van der Waals surface area contributed by atoms with Crippen LogP contribution in [0.15, 0.2) is 36.5 Å². The van der Waals surface area contributed by atoms with Gasteiger partial charge in [0.05, 0.1) is 0 Å². The van der Waals surface area contributed by atoms with Crippen LogP contribution < -0.4 is 0 Å². The molecule has 0 aromatic heterocycles. The van der Waals surface area contributed by atoms with Gasteiger partial charge in [-0.05, 0) is 20.3 Å². The van der Waals surface area contributed by atoms with Crippen molar-refractivity contribution < 1.29 is 0 Å². The first-order valence-electron chi connectivity index (χ1n) is 3.10.